The Morgan fingerprint density at radius 1 is 1.10 bits per heavy atom. The van der Waals surface area contributed by atoms with Crippen molar-refractivity contribution in [1.82, 2.24) is 0 Å². The molecular weight excluding hydrogens is 252 g/mol. The van der Waals surface area contributed by atoms with Gasteiger partial charge in [0.05, 0.1) is 6.42 Å². The minimum absolute atomic E-state index is 0.00988. The summed E-state index contributed by atoms with van der Waals surface area (Å²) in [6.45, 7) is 2.44. The summed E-state index contributed by atoms with van der Waals surface area (Å²) < 4.78 is 5.69. The summed E-state index contributed by atoms with van der Waals surface area (Å²) in [5.41, 5.74) is 2.13. The number of aliphatic carboxylic acids is 1. The van der Waals surface area contributed by atoms with Crippen LogP contribution in [0.15, 0.2) is 54.6 Å². The van der Waals surface area contributed by atoms with Gasteiger partial charge in [0.2, 0.25) is 0 Å². The lowest BCUT2D eigenvalue weighted by molar-refractivity contribution is -0.137. The fourth-order valence-corrected chi connectivity index (χ4v) is 2.01. The van der Waals surface area contributed by atoms with Crippen LogP contribution < -0.4 is 4.74 Å². The van der Waals surface area contributed by atoms with Gasteiger partial charge in [0.1, 0.15) is 12.4 Å². The zero-order chi connectivity index (χ0) is 14.4. The molecule has 0 saturated heterocycles. The van der Waals surface area contributed by atoms with Crippen LogP contribution in [-0.2, 0) is 11.4 Å². The number of benzene rings is 2. The Kier molecular flexibility index (Phi) is 4.77. The molecule has 0 saturated carbocycles. The number of hydrogen-bond acceptors (Lipinski definition) is 2. The van der Waals surface area contributed by atoms with Gasteiger partial charge in [-0.2, -0.15) is 0 Å². The minimum Gasteiger partial charge on any atom is -0.489 e. The molecule has 0 fully saturated rings. The molecule has 20 heavy (non-hydrogen) atoms. The smallest absolute Gasteiger partial charge is 0.303 e. The van der Waals surface area contributed by atoms with Crippen molar-refractivity contribution >= 4 is 5.97 Å². The summed E-state index contributed by atoms with van der Waals surface area (Å²) in [6, 6.07) is 17.6. The van der Waals surface area contributed by atoms with Gasteiger partial charge in [0, 0.05) is 0 Å². The van der Waals surface area contributed by atoms with Gasteiger partial charge in [-0.3, -0.25) is 4.79 Å². The molecule has 0 aliphatic rings. The topological polar surface area (TPSA) is 46.5 Å². The zero-order valence-electron chi connectivity index (χ0n) is 11.5. The third kappa shape index (κ3) is 4.12. The number of carbonyl (C=O) groups is 1. The fraction of sp³-hybridized carbons (Fsp3) is 0.235. The van der Waals surface area contributed by atoms with E-state index in [1.807, 2.05) is 61.5 Å². The molecule has 1 N–H and O–H groups in total. The van der Waals surface area contributed by atoms with E-state index in [1.165, 1.54) is 0 Å². The summed E-state index contributed by atoms with van der Waals surface area (Å²) in [6.07, 6.45) is 0.143. The predicted molar refractivity (Wildman–Crippen MR) is 77.9 cm³/mol. The lowest BCUT2D eigenvalue weighted by Gasteiger charge is -2.11. The summed E-state index contributed by atoms with van der Waals surface area (Å²) >= 11 is 0. The van der Waals surface area contributed by atoms with Crippen molar-refractivity contribution < 1.29 is 14.6 Å². The van der Waals surface area contributed by atoms with Gasteiger partial charge in [-0.05, 0) is 29.2 Å². The van der Waals surface area contributed by atoms with Crippen LogP contribution >= 0.6 is 0 Å². The molecule has 0 unspecified atom stereocenters. The van der Waals surface area contributed by atoms with Gasteiger partial charge in [-0.1, -0.05) is 49.4 Å². The second kappa shape index (κ2) is 6.75. The molecule has 0 aliphatic heterocycles. The number of carboxylic acids is 1. The highest BCUT2D eigenvalue weighted by molar-refractivity contribution is 5.67. The van der Waals surface area contributed by atoms with Crippen molar-refractivity contribution in [3.8, 4) is 5.75 Å². The van der Waals surface area contributed by atoms with Crippen molar-refractivity contribution in [2.24, 2.45) is 0 Å². The van der Waals surface area contributed by atoms with Gasteiger partial charge in [0.15, 0.2) is 0 Å². The lowest BCUT2D eigenvalue weighted by atomic mass is 9.98. The summed E-state index contributed by atoms with van der Waals surface area (Å²) in [4.78, 5) is 10.7. The molecule has 2 aromatic carbocycles. The van der Waals surface area contributed by atoms with Crippen LogP contribution in [0.1, 0.15) is 30.4 Å². The van der Waals surface area contributed by atoms with Gasteiger partial charge in [0.25, 0.3) is 0 Å². The molecule has 0 aromatic heterocycles. The summed E-state index contributed by atoms with van der Waals surface area (Å²) in [7, 11) is 0. The normalized spacial score (nSPS) is 11.8. The van der Waals surface area contributed by atoms with Crippen LogP contribution in [0.2, 0.25) is 0 Å². The Morgan fingerprint density at radius 2 is 1.75 bits per heavy atom. The molecule has 2 rings (SSSR count). The molecule has 3 nitrogen and oxygen atoms in total. The maximum Gasteiger partial charge on any atom is 0.303 e. The number of ether oxygens (including phenoxy) is 1. The van der Waals surface area contributed by atoms with Crippen LogP contribution in [0, 0.1) is 0 Å². The molecule has 3 heteroatoms. The van der Waals surface area contributed by atoms with E-state index in [-0.39, 0.29) is 12.3 Å². The first-order valence-corrected chi connectivity index (χ1v) is 6.63. The fourth-order valence-electron chi connectivity index (χ4n) is 2.01. The van der Waals surface area contributed by atoms with Crippen molar-refractivity contribution in [2.75, 3.05) is 0 Å². The Bertz CT molecular complexity index is 546. The molecule has 0 heterocycles. The third-order valence-electron chi connectivity index (χ3n) is 3.18. The third-order valence-corrected chi connectivity index (χ3v) is 3.18. The monoisotopic (exact) mass is 270 g/mol. The average Bonchev–Trinajstić information content (AvgIpc) is 2.46. The average molecular weight is 270 g/mol. The van der Waals surface area contributed by atoms with Gasteiger partial charge < -0.3 is 9.84 Å². The van der Waals surface area contributed by atoms with E-state index in [1.54, 1.807) is 0 Å². The van der Waals surface area contributed by atoms with Gasteiger partial charge >= 0.3 is 5.97 Å². The first-order valence-electron chi connectivity index (χ1n) is 6.63. The number of carboxylic acid groups (broad SMARTS) is 1. The van der Waals surface area contributed by atoms with E-state index in [4.69, 9.17) is 9.84 Å². The second-order valence-electron chi connectivity index (χ2n) is 4.84. The Hall–Kier alpha value is -2.29. The molecule has 0 bridgehead atoms. The Morgan fingerprint density at radius 3 is 2.35 bits per heavy atom. The van der Waals surface area contributed by atoms with Crippen LogP contribution in [0.4, 0.5) is 0 Å². The molecule has 2 aromatic rings. The molecule has 0 radical (unpaired) electrons. The highest BCUT2D eigenvalue weighted by Gasteiger charge is 2.09. The van der Waals surface area contributed by atoms with Crippen molar-refractivity contribution in [2.45, 2.75) is 25.9 Å². The van der Waals surface area contributed by atoms with E-state index in [9.17, 15) is 4.79 Å². The SMILES string of the molecule is C[C@H](CC(=O)O)c1ccc(OCc2ccccc2)cc1. The van der Waals surface area contributed by atoms with E-state index < -0.39 is 5.97 Å². The Balaban J connectivity index is 1.93. The van der Waals surface area contributed by atoms with Crippen molar-refractivity contribution in [1.29, 1.82) is 0 Å². The first kappa shape index (κ1) is 14.1. The number of hydrogen-bond donors (Lipinski definition) is 1. The molecule has 0 amide bonds. The van der Waals surface area contributed by atoms with Crippen molar-refractivity contribution in [3.63, 3.8) is 0 Å². The minimum atomic E-state index is -0.776. The standard InChI is InChI=1S/C17H18O3/c1-13(11-17(18)19)15-7-9-16(10-8-15)20-12-14-5-3-2-4-6-14/h2-10,13H,11-12H2,1H3,(H,18,19)/t13-/m1/s1. The second-order valence-corrected chi connectivity index (χ2v) is 4.84. The molecule has 1 atom stereocenters. The van der Waals surface area contributed by atoms with E-state index >= 15 is 0 Å². The molecule has 0 spiro atoms. The quantitative estimate of drug-likeness (QED) is 0.867. The predicted octanol–water partition coefficient (Wildman–Crippen LogP) is 3.84. The van der Waals surface area contributed by atoms with E-state index in [0.717, 1.165) is 16.9 Å². The maximum atomic E-state index is 10.7. The first-order chi connectivity index (χ1) is 9.65. The largest absolute Gasteiger partial charge is 0.489 e. The summed E-state index contributed by atoms with van der Waals surface area (Å²) in [5, 5.41) is 8.79. The molecule has 0 aliphatic carbocycles. The van der Waals surface area contributed by atoms with Crippen LogP contribution in [0.3, 0.4) is 0 Å². The van der Waals surface area contributed by atoms with Gasteiger partial charge in [-0.15, -0.1) is 0 Å². The maximum absolute atomic E-state index is 10.7. The van der Waals surface area contributed by atoms with Crippen molar-refractivity contribution in [3.05, 3.63) is 65.7 Å². The lowest BCUT2D eigenvalue weighted by Crippen LogP contribution is -2.02. The van der Waals surface area contributed by atoms with E-state index in [2.05, 4.69) is 0 Å². The summed E-state index contributed by atoms with van der Waals surface area (Å²) in [5.74, 6) is 0.0257. The molecule has 104 valence electrons. The zero-order valence-corrected chi connectivity index (χ0v) is 11.5. The van der Waals surface area contributed by atoms with Crippen LogP contribution in [0.5, 0.6) is 5.75 Å². The van der Waals surface area contributed by atoms with E-state index in [0.29, 0.717) is 6.61 Å². The van der Waals surface area contributed by atoms with Crippen LogP contribution in [-0.4, -0.2) is 11.1 Å². The highest BCUT2D eigenvalue weighted by atomic mass is 16.5. The van der Waals surface area contributed by atoms with Gasteiger partial charge in [-0.25, -0.2) is 0 Å². The van der Waals surface area contributed by atoms with Crippen LogP contribution in [0.25, 0.3) is 0 Å². The Labute approximate surface area is 118 Å². The highest BCUT2D eigenvalue weighted by Crippen LogP contribution is 2.22. The number of rotatable bonds is 6. The molecular formula is C17H18O3.